The molecule has 1 amide bonds. The van der Waals surface area contributed by atoms with Crippen LogP contribution in [0, 0.1) is 0 Å². The summed E-state index contributed by atoms with van der Waals surface area (Å²) in [4.78, 5) is 15.2. The van der Waals surface area contributed by atoms with E-state index in [1.807, 2.05) is 37.3 Å². The van der Waals surface area contributed by atoms with Crippen LogP contribution in [0.4, 0.5) is 0 Å². The van der Waals surface area contributed by atoms with Crippen LogP contribution in [-0.2, 0) is 11.2 Å². The molecule has 0 fully saturated rings. The maximum absolute atomic E-state index is 10.9. The molecule has 30 heavy (non-hydrogen) atoms. The van der Waals surface area contributed by atoms with Gasteiger partial charge in [0.15, 0.2) is 0 Å². The number of hydrogen-bond acceptors (Lipinski definition) is 6. The summed E-state index contributed by atoms with van der Waals surface area (Å²) in [7, 11) is 0. The van der Waals surface area contributed by atoms with Crippen LogP contribution < -0.4 is 19.5 Å². The first-order chi connectivity index (χ1) is 14.5. The van der Waals surface area contributed by atoms with Crippen molar-refractivity contribution >= 4 is 28.8 Å². The molecule has 3 aromatic rings. The van der Waals surface area contributed by atoms with Gasteiger partial charge in [0.25, 0.3) is 5.19 Å². The lowest BCUT2D eigenvalue weighted by Crippen LogP contribution is -2.22. The van der Waals surface area contributed by atoms with E-state index in [0.29, 0.717) is 45.7 Å². The molecular formula is C22H23ClN2O4S. The van der Waals surface area contributed by atoms with E-state index in [9.17, 15) is 4.79 Å². The summed E-state index contributed by atoms with van der Waals surface area (Å²) >= 11 is 7.56. The minimum atomic E-state index is -0.0276. The fourth-order valence-corrected chi connectivity index (χ4v) is 3.39. The molecule has 0 radical (unpaired) electrons. The van der Waals surface area contributed by atoms with E-state index >= 15 is 0 Å². The zero-order valence-corrected chi connectivity index (χ0v) is 18.4. The molecule has 0 saturated heterocycles. The van der Waals surface area contributed by atoms with Gasteiger partial charge in [0.05, 0.1) is 17.8 Å². The molecule has 1 N–H and O–H groups in total. The number of carbonyl (C=O) groups is 1. The molecule has 158 valence electrons. The molecular weight excluding hydrogens is 424 g/mol. The van der Waals surface area contributed by atoms with Crippen LogP contribution in [0.25, 0.3) is 0 Å². The van der Waals surface area contributed by atoms with Crippen LogP contribution in [0.5, 0.6) is 27.5 Å². The third kappa shape index (κ3) is 6.64. The second-order valence-corrected chi connectivity index (χ2v) is 7.83. The number of amides is 1. The molecule has 0 aliphatic heterocycles. The maximum Gasteiger partial charge on any atom is 0.282 e. The number of benzene rings is 2. The molecule has 0 unspecified atom stereocenters. The van der Waals surface area contributed by atoms with Gasteiger partial charge in [0.1, 0.15) is 17.2 Å². The number of nitrogens with one attached hydrogen (secondary N) is 1. The van der Waals surface area contributed by atoms with Crippen molar-refractivity contribution in [3.05, 3.63) is 59.2 Å². The van der Waals surface area contributed by atoms with Gasteiger partial charge in [-0.3, -0.25) is 4.79 Å². The molecule has 3 rings (SSSR count). The van der Waals surface area contributed by atoms with Gasteiger partial charge in [-0.2, -0.15) is 0 Å². The fraction of sp³-hybridized carbons (Fsp3) is 0.273. The lowest BCUT2D eigenvalue weighted by molar-refractivity contribution is -0.118. The summed E-state index contributed by atoms with van der Waals surface area (Å²) in [6.07, 6.45) is 3.30. The van der Waals surface area contributed by atoms with Crippen LogP contribution in [0.3, 0.4) is 0 Å². The van der Waals surface area contributed by atoms with Gasteiger partial charge >= 0.3 is 0 Å². The fourth-order valence-electron chi connectivity index (χ4n) is 2.53. The number of rotatable bonds is 10. The van der Waals surface area contributed by atoms with Crippen molar-refractivity contribution in [2.24, 2.45) is 0 Å². The second kappa shape index (κ2) is 10.8. The van der Waals surface area contributed by atoms with Crippen molar-refractivity contribution in [2.45, 2.75) is 26.7 Å². The Morgan fingerprint density at radius 2 is 1.90 bits per heavy atom. The van der Waals surface area contributed by atoms with E-state index in [4.69, 9.17) is 25.8 Å². The largest absolute Gasteiger partial charge is 0.494 e. The Labute approximate surface area is 184 Å². The molecule has 0 aliphatic carbocycles. The number of carbonyl (C=O) groups excluding carboxylic acids is 1. The zero-order valence-electron chi connectivity index (χ0n) is 16.8. The van der Waals surface area contributed by atoms with Gasteiger partial charge < -0.3 is 19.5 Å². The number of halogens is 1. The van der Waals surface area contributed by atoms with E-state index in [2.05, 4.69) is 10.3 Å². The first-order valence-corrected chi connectivity index (χ1v) is 10.8. The van der Waals surface area contributed by atoms with Crippen molar-refractivity contribution in [1.29, 1.82) is 0 Å². The highest BCUT2D eigenvalue weighted by atomic mass is 35.5. The predicted octanol–water partition coefficient (Wildman–Crippen LogP) is 5.85. The number of nitrogens with zero attached hydrogens (tertiary/aromatic N) is 1. The van der Waals surface area contributed by atoms with Gasteiger partial charge in [-0.1, -0.05) is 30.7 Å². The lowest BCUT2D eigenvalue weighted by atomic mass is 10.1. The van der Waals surface area contributed by atoms with E-state index in [1.165, 1.54) is 18.3 Å². The van der Waals surface area contributed by atoms with Crippen LogP contribution in [0.2, 0.25) is 5.02 Å². The van der Waals surface area contributed by atoms with Crippen molar-refractivity contribution in [3.8, 4) is 27.5 Å². The Morgan fingerprint density at radius 3 is 2.60 bits per heavy atom. The minimum absolute atomic E-state index is 0.0276. The molecule has 8 heteroatoms. The van der Waals surface area contributed by atoms with E-state index in [-0.39, 0.29) is 5.91 Å². The third-order valence-corrected chi connectivity index (χ3v) is 5.01. The quantitative estimate of drug-likeness (QED) is 0.423. The van der Waals surface area contributed by atoms with E-state index in [1.54, 1.807) is 18.3 Å². The summed E-state index contributed by atoms with van der Waals surface area (Å²) in [5.74, 6) is 1.88. The minimum Gasteiger partial charge on any atom is -0.494 e. The highest BCUT2D eigenvalue weighted by Gasteiger charge is 2.10. The highest BCUT2D eigenvalue weighted by Crippen LogP contribution is 2.37. The van der Waals surface area contributed by atoms with Crippen molar-refractivity contribution < 1.29 is 19.0 Å². The first-order valence-electron chi connectivity index (χ1n) is 9.60. The van der Waals surface area contributed by atoms with Crippen LogP contribution in [-0.4, -0.2) is 24.0 Å². The van der Waals surface area contributed by atoms with Crippen molar-refractivity contribution in [3.63, 3.8) is 0 Å². The van der Waals surface area contributed by atoms with Crippen LogP contribution in [0.1, 0.15) is 25.8 Å². The molecule has 0 aliphatic rings. The monoisotopic (exact) mass is 446 g/mol. The van der Waals surface area contributed by atoms with Gasteiger partial charge in [0.2, 0.25) is 11.0 Å². The van der Waals surface area contributed by atoms with Crippen LogP contribution >= 0.6 is 22.9 Å². The lowest BCUT2D eigenvalue weighted by Gasteiger charge is -2.08. The van der Waals surface area contributed by atoms with Gasteiger partial charge in [0, 0.05) is 19.5 Å². The normalized spacial score (nSPS) is 10.5. The van der Waals surface area contributed by atoms with Gasteiger partial charge in [-0.25, -0.2) is 4.98 Å². The average molecular weight is 447 g/mol. The summed E-state index contributed by atoms with van der Waals surface area (Å²) in [6.45, 7) is 4.80. The molecule has 0 atom stereocenters. The van der Waals surface area contributed by atoms with Crippen LogP contribution in [0.15, 0.2) is 48.7 Å². The smallest absolute Gasteiger partial charge is 0.282 e. The molecule has 0 bridgehead atoms. The maximum atomic E-state index is 10.9. The average Bonchev–Trinajstić information content (AvgIpc) is 3.16. The predicted molar refractivity (Wildman–Crippen MR) is 118 cm³/mol. The molecule has 1 aromatic heterocycles. The number of hydrogen-bond donors (Lipinski definition) is 1. The Bertz CT molecular complexity index is 976. The number of thiazole rings is 1. The Morgan fingerprint density at radius 1 is 1.13 bits per heavy atom. The van der Waals surface area contributed by atoms with Crippen molar-refractivity contribution in [2.75, 3.05) is 13.2 Å². The summed E-state index contributed by atoms with van der Waals surface area (Å²) < 4.78 is 17.2. The molecule has 2 aromatic carbocycles. The van der Waals surface area contributed by atoms with Crippen molar-refractivity contribution in [1.82, 2.24) is 10.3 Å². The Balaban J connectivity index is 1.55. The van der Waals surface area contributed by atoms with Gasteiger partial charge in [-0.05, 0) is 54.0 Å². The molecule has 0 spiro atoms. The van der Waals surface area contributed by atoms with E-state index < -0.39 is 0 Å². The molecule has 1 heterocycles. The number of aromatic nitrogens is 1. The topological polar surface area (TPSA) is 69.7 Å². The second-order valence-electron chi connectivity index (χ2n) is 6.47. The molecule has 6 nitrogen and oxygen atoms in total. The third-order valence-electron chi connectivity index (χ3n) is 3.97. The Hall–Kier alpha value is -2.77. The molecule has 0 saturated carbocycles. The summed E-state index contributed by atoms with van der Waals surface area (Å²) in [6, 6.07) is 13.0. The highest BCUT2D eigenvalue weighted by molar-refractivity contribution is 7.15. The Kier molecular flexibility index (Phi) is 7.93. The SMILES string of the molecule is CCCOc1ccc(Oc2ncc(Oc3ccc(CCNC(C)=O)cc3)s2)c(Cl)c1. The summed E-state index contributed by atoms with van der Waals surface area (Å²) in [5, 5.41) is 4.27. The number of ether oxygens (including phenoxy) is 3. The summed E-state index contributed by atoms with van der Waals surface area (Å²) in [5.41, 5.74) is 1.12. The van der Waals surface area contributed by atoms with E-state index in [0.717, 1.165) is 18.4 Å². The standard InChI is InChI=1S/C22H23ClN2O4S/c1-3-12-27-18-8-9-20(19(23)13-18)29-22-25-14-21(30-22)28-17-6-4-16(5-7-17)10-11-24-15(2)26/h4-9,13-14H,3,10-12H2,1-2H3,(H,24,26). The zero-order chi connectivity index (χ0) is 21.3. The first kappa shape index (κ1) is 21.9. The van der Waals surface area contributed by atoms with Gasteiger partial charge in [-0.15, -0.1) is 0 Å².